The van der Waals surface area contributed by atoms with Gasteiger partial charge in [0.15, 0.2) is 0 Å². The number of anilines is 1. The van der Waals surface area contributed by atoms with Crippen LogP contribution in [0.4, 0.5) is 5.69 Å². The summed E-state index contributed by atoms with van der Waals surface area (Å²) in [5, 5.41) is 3.56. The number of amides is 2. The minimum Gasteiger partial charge on any atom is -0.354 e. The molecule has 0 aliphatic carbocycles. The van der Waals surface area contributed by atoms with E-state index in [2.05, 4.69) is 5.32 Å². The van der Waals surface area contributed by atoms with Crippen molar-refractivity contribution in [3.8, 4) is 0 Å². The summed E-state index contributed by atoms with van der Waals surface area (Å²) in [5.74, 6) is -0.943. The molecule has 3 aromatic carbocycles. The largest absolute Gasteiger partial charge is 0.354 e. The topological polar surface area (TPSA) is 90.0 Å². The predicted octanol–water partition coefficient (Wildman–Crippen LogP) is 4.77. The highest BCUT2D eigenvalue weighted by Crippen LogP contribution is 2.28. The van der Waals surface area contributed by atoms with Crippen molar-refractivity contribution in [2.24, 2.45) is 0 Å². The molecule has 1 N–H and O–H groups in total. The molecule has 0 saturated carbocycles. The van der Waals surface area contributed by atoms with Gasteiger partial charge in [0, 0.05) is 49.2 Å². The maximum Gasteiger partial charge on any atom is 0.304 e. The summed E-state index contributed by atoms with van der Waals surface area (Å²) >= 11 is 13.0. The van der Waals surface area contributed by atoms with Gasteiger partial charge in [-0.25, -0.2) is 4.31 Å². The van der Waals surface area contributed by atoms with Crippen molar-refractivity contribution in [2.75, 3.05) is 31.5 Å². The average Bonchev–Trinajstić information content (AvgIpc) is 2.94. The van der Waals surface area contributed by atoms with Gasteiger partial charge in [-0.2, -0.15) is 12.7 Å². The molecule has 3 aromatic rings. The number of carbonyl (C=O) groups excluding carboxylic acids is 2. The quantitative estimate of drug-likeness (QED) is 0.304. The lowest BCUT2D eigenvalue weighted by Gasteiger charge is -2.34. The summed E-state index contributed by atoms with van der Waals surface area (Å²) in [5.41, 5.74) is 1.61. The minimum absolute atomic E-state index is 0.0982. The van der Waals surface area contributed by atoms with Crippen LogP contribution in [0.25, 0.3) is 0 Å². The van der Waals surface area contributed by atoms with E-state index in [0.717, 1.165) is 14.2 Å². The normalized spacial score (nSPS) is 12.2. The first kappa shape index (κ1) is 31.4. The Morgan fingerprint density at radius 2 is 1.45 bits per heavy atom. The van der Waals surface area contributed by atoms with Crippen LogP contribution in [0.5, 0.6) is 0 Å². The third-order valence-electron chi connectivity index (χ3n) is 6.27. The van der Waals surface area contributed by atoms with Gasteiger partial charge >= 0.3 is 10.2 Å². The lowest BCUT2D eigenvalue weighted by molar-refractivity contribution is -0.140. The first-order valence-electron chi connectivity index (χ1n) is 12.9. The maximum absolute atomic E-state index is 14.2. The number of carbonyl (C=O) groups is 2. The van der Waals surface area contributed by atoms with Gasteiger partial charge in [-0.1, -0.05) is 84.7 Å². The number of nitrogens with zero attached hydrogens (tertiary/aromatic N) is 3. The van der Waals surface area contributed by atoms with Crippen LogP contribution >= 0.6 is 23.2 Å². The Hall–Kier alpha value is -3.11. The molecular weight excluding hydrogens is 571 g/mol. The van der Waals surface area contributed by atoms with Crippen LogP contribution in [-0.4, -0.2) is 62.7 Å². The van der Waals surface area contributed by atoms with Gasteiger partial charge in [-0.3, -0.25) is 9.59 Å². The zero-order valence-corrected chi connectivity index (χ0v) is 25.1. The van der Waals surface area contributed by atoms with Gasteiger partial charge in [0.1, 0.15) is 12.6 Å². The number of rotatable bonds is 13. The second-order valence-electron chi connectivity index (χ2n) is 9.35. The molecule has 0 saturated heterocycles. The summed E-state index contributed by atoms with van der Waals surface area (Å²) in [7, 11) is -1.27. The minimum atomic E-state index is -4.06. The highest BCUT2D eigenvalue weighted by Gasteiger charge is 2.35. The SMILES string of the molecule is CCCNC(=O)[C@@H](Cc1ccccc1)N(Cc1c(Cl)cccc1Cl)C(=O)CN(c1ccccc1)S(=O)(=O)N(C)C. The van der Waals surface area contributed by atoms with Gasteiger partial charge in [0.05, 0.1) is 5.69 Å². The highest BCUT2D eigenvalue weighted by molar-refractivity contribution is 7.90. The van der Waals surface area contributed by atoms with E-state index in [1.807, 2.05) is 37.3 Å². The van der Waals surface area contributed by atoms with Crippen LogP contribution in [0.1, 0.15) is 24.5 Å². The fourth-order valence-corrected chi connectivity index (χ4v) is 5.66. The number of hydrogen-bond acceptors (Lipinski definition) is 4. The van der Waals surface area contributed by atoms with Crippen molar-refractivity contribution < 1.29 is 18.0 Å². The van der Waals surface area contributed by atoms with Crippen LogP contribution in [-0.2, 0) is 32.8 Å². The third-order valence-corrected chi connectivity index (χ3v) is 8.80. The number of nitrogens with one attached hydrogen (secondary N) is 1. The average molecular weight is 606 g/mol. The van der Waals surface area contributed by atoms with Crippen molar-refractivity contribution in [1.29, 1.82) is 0 Å². The fourth-order valence-electron chi connectivity index (χ4n) is 4.08. The monoisotopic (exact) mass is 604 g/mol. The second-order valence-corrected chi connectivity index (χ2v) is 12.2. The molecule has 40 heavy (non-hydrogen) atoms. The predicted molar refractivity (Wildman–Crippen MR) is 161 cm³/mol. The summed E-state index contributed by atoms with van der Waals surface area (Å²) in [4.78, 5) is 29.1. The number of halogens is 2. The molecule has 1 atom stereocenters. The Labute approximate surface area is 246 Å². The molecule has 11 heteroatoms. The van der Waals surface area contributed by atoms with E-state index in [0.29, 0.717) is 34.3 Å². The Morgan fingerprint density at radius 3 is 2.00 bits per heavy atom. The molecule has 0 unspecified atom stereocenters. The molecular formula is C29H34Cl2N4O4S. The maximum atomic E-state index is 14.2. The molecule has 214 valence electrons. The first-order chi connectivity index (χ1) is 19.1. The lowest BCUT2D eigenvalue weighted by Crippen LogP contribution is -2.54. The number of hydrogen-bond donors (Lipinski definition) is 1. The standard InChI is InChI=1S/C29H34Cl2N4O4S/c1-4-18-32-29(37)27(19-22-12-7-5-8-13-22)34(20-24-25(30)16-11-17-26(24)31)28(36)21-35(40(38,39)33(2)3)23-14-9-6-10-15-23/h5-17,27H,4,18-21H2,1-3H3,(H,32,37)/t27-/m1/s1. The summed E-state index contributed by atoms with van der Waals surface area (Å²) in [6.07, 6.45) is 0.910. The summed E-state index contributed by atoms with van der Waals surface area (Å²) in [6, 6.07) is 21.7. The fraction of sp³-hybridized carbons (Fsp3) is 0.310. The van der Waals surface area contributed by atoms with Gasteiger partial charge in [0.25, 0.3) is 0 Å². The molecule has 0 aromatic heterocycles. The smallest absolute Gasteiger partial charge is 0.304 e. The van der Waals surface area contributed by atoms with E-state index in [1.165, 1.54) is 19.0 Å². The summed E-state index contributed by atoms with van der Waals surface area (Å²) in [6.45, 7) is 1.71. The van der Waals surface area contributed by atoms with Gasteiger partial charge in [-0.05, 0) is 36.2 Å². The summed E-state index contributed by atoms with van der Waals surface area (Å²) < 4.78 is 28.8. The van der Waals surface area contributed by atoms with E-state index in [9.17, 15) is 18.0 Å². The van der Waals surface area contributed by atoms with Gasteiger partial charge in [-0.15, -0.1) is 0 Å². The van der Waals surface area contributed by atoms with E-state index >= 15 is 0 Å². The van der Waals surface area contributed by atoms with Crippen LogP contribution in [0.3, 0.4) is 0 Å². The third kappa shape index (κ3) is 7.97. The Balaban J connectivity index is 2.11. The van der Waals surface area contributed by atoms with Crippen molar-refractivity contribution in [3.63, 3.8) is 0 Å². The number of benzene rings is 3. The molecule has 0 spiro atoms. The highest BCUT2D eigenvalue weighted by atomic mass is 35.5. The van der Waals surface area contributed by atoms with E-state index in [1.54, 1.807) is 48.5 Å². The van der Waals surface area contributed by atoms with E-state index < -0.39 is 28.7 Å². The van der Waals surface area contributed by atoms with Crippen molar-refractivity contribution in [3.05, 3.63) is 100 Å². The Kier molecular flexibility index (Phi) is 11.4. The van der Waals surface area contributed by atoms with Crippen LogP contribution in [0.15, 0.2) is 78.9 Å². The lowest BCUT2D eigenvalue weighted by atomic mass is 10.0. The molecule has 0 heterocycles. The molecule has 0 fully saturated rings. The van der Waals surface area contributed by atoms with Crippen LogP contribution < -0.4 is 9.62 Å². The molecule has 3 rings (SSSR count). The Bertz CT molecular complexity index is 1370. The molecule has 0 aliphatic heterocycles. The second kappa shape index (κ2) is 14.5. The van der Waals surface area contributed by atoms with Crippen molar-refractivity contribution >= 4 is 50.9 Å². The van der Waals surface area contributed by atoms with Gasteiger partial charge in [0.2, 0.25) is 11.8 Å². The molecule has 2 amide bonds. The zero-order chi connectivity index (χ0) is 29.3. The van der Waals surface area contributed by atoms with Crippen molar-refractivity contribution in [1.82, 2.24) is 14.5 Å². The van der Waals surface area contributed by atoms with Crippen molar-refractivity contribution in [2.45, 2.75) is 32.4 Å². The zero-order valence-electron chi connectivity index (χ0n) is 22.8. The number of para-hydroxylation sites is 1. The van der Waals surface area contributed by atoms with E-state index in [4.69, 9.17) is 23.2 Å². The van der Waals surface area contributed by atoms with Gasteiger partial charge < -0.3 is 10.2 Å². The van der Waals surface area contributed by atoms with E-state index in [-0.39, 0.29) is 18.9 Å². The first-order valence-corrected chi connectivity index (χ1v) is 15.0. The Morgan fingerprint density at radius 1 is 0.875 bits per heavy atom. The molecule has 0 aliphatic rings. The molecule has 8 nitrogen and oxygen atoms in total. The van der Waals surface area contributed by atoms with Crippen LogP contribution in [0.2, 0.25) is 10.0 Å². The molecule has 0 radical (unpaired) electrons. The molecule has 0 bridgehead atoms. The van der Waals surface area contributed by atoms with Crippen LogP contribution in [0, 0.1) is 0 Å².